The van der Waals surface area contributed by atoms with Crippen LogP contribution in [0.4, 0.5) is 5.69 Å². The summed E-state index contributed by atoms with van der Waals surface area (Å²) in [5.41, 5.74) is 4.99. The summed E-state index contributed by atoms with van der Waals surface area (Å²) in [7, 11) is 1.58. The summed E-state index contributed by atoms with van der Waals surface area (Å²) in [6.45, 7) is 1.82. The predicted octanol–water partition coefficient (Wildman–Crippen LogP) is 5.42. The molecule has 0 radical (unpaired) electrons. The highest BCUT2D eigenvalue weighted by atomic mass is 16.5. The zero-order chi connectivity index (χ0) is 24.2. The van der Waals surface area contributed by atoms with Crippen molar-refractivity contribution in [3.63, 3.8) is 0 Å². The highest BCUT2D eigenvalue weighted by molar-refractivity contribution is 5.95. The number of carbonyl (C=O) groups is 1. The van der Waals surface area contributed by atoms with E-state index in [0.29, 0.717) is 23.0 Å². The Morgan fingerprint density at radius 2 is 1.69 bits per heavy atom. The molecule has 1 N–H and O–H groups in total. The van der Waals surface area contributed by atoms with Crippen molar-refractivity contribution in [3.05, 3.63) is 96.6 Å². The van der Waals surface area contributed by atoms with Crippen LogP contribution in [0.3, 0.4) is 0 Å². The summed E-state index contributed by atoms with van der Waals surface area (Å²) < 4.78 is 12.8. The Morgan fingerprint density at radius 1 is 0.943 bits per heavy atom. The van der Waals surface area contributed by atoms with Crippen molar-refractivity contribution in [2.75, 3.05) is 19.0 Å². The lowest BCUT2D eigenvalue weighted by molar-refractivity contribution is -0.118. The van der Waals surface area contributed by atoms with Crippen LogP contribution >= 0.6 is 0 Å². The Balaban J connectivity index is 1.47. The number of anilines is 1. The topological polar surface area (TPSA) is 78.3 Å². The number of hydrogen-bond donors (Lipinski definition) is 1. The molecule has 0 bridgehead atoms. The van der Waals surface area contributed by atoms with Gasteiger partial charge in [0.2, 0.25) is 5.88 Å². The van der Waals surface area contributed by atoms with Crippen LogP contribution in [0.1, 0.15) is 5.56 Å². The summed E-state index contributed by atoms with van der Waals surface area (Å²) in [6.07, 6.45) is 0. The van der Waals surface area contributed by atoms with Crippen molar-refractivity contribution in [1.29, 1.82) is 0 Å². The molecule has 0 fully saturated rings. The fourth-order valence-corrected chi connectivity index (χ4v) is 3.93. The van der Waals surface area contributed by atoms with E-state index in [4.69, 9.17) is 19.6 Å². The van der Waals surface area contributed by atoms with E-state index in [2.05, 4.69) is 5.32 Å². The van der Waals surface area contributed by atoms with Crippen molar-refractivity contribution in [1.82, 2.24) is 14.8 Å². The average molecular weight is 465 g/mol. The number of fused-ring (bicyclic) bond motifs is 1. The second-order valence-electron chi connectivity index (χ2n) is 8.01. The number of hydrogen-bond acceptors (Lipinski definition) is 5. The first kappa shape index (κ1) is 22.2. The third kappa shape index (κ3) is 4.70. The molecule has 0 unspecified atom stereocenters. The first-order valence-electron chi connectivity index (χ1n) is 11.2. The van der Waals surface area contributed by atoms with Gasteiger partial charge in [-0.2, -0.15) is 10.1 Å². The van der Waals surface area contributed by atoms with Crippen LogP contribution in [0.2, 0.25) is 0 Å². The molecule has 3 aromatic carbocycles. The maximum absolute atomic E-state index is 12.5. The van der Waals surface area contributed by atoms with Gasteiger partial charge in [-0.25, -0.2) is 4.68 Å². The third-order valence-electron chi connectivity index (χ3n) is 5.56. The highest BCUT2D eigenvalue weighted by Gasteiger charge is 2.19. The highest BCUT2D eigenvalue weighted by Crippen LogP contribution is 2.33. The van der Waals surface area contributed by atoms with Gasteiger partial charge >= 0.3 is 0 Å². The number of nitrogens with zero attached hydrogens (tertiary/aromatic N) is 3. The number of aryl methyl sites for hydroxylation is 1. The zero-order valence-electron chi connectivity index (χ0n) is 19.4. The average Bonchev–Trinajstić information content (AvgIpc) is 3.29. The van der Waals surface area contributed by atoms with Gasteiger partial charge in [-0.05, 0) is 36.8 Å². The molecule has 1 amide bonds. The van der Waals surface area contributed by atoms with Crippen LogP contribution in [-0.2, 0) is 4.79 Å². The molecule has 0 aliphatic rings. The van der Waals surface area contributed by atoms with Crippen molar-refractivity contribution >= 4 is 22.6 Å². The van der Waals surface area contributed by atoms with Gasteiger partial charge in [0.15, 0.2) is 12.3 Å². The zero-order valence-corrected chi connectivity index (χ0v) is 19.4. The van der Waals surface area contributed by atoms with Crippen LogP contribution in [0, 0.1) is 6.92 Å². The molecule has 35 heavy (non-hydrogen) atoms. The molecule has 5 rings (SSSR count). The van der Waals surface area contributed by atoms with Gasteiger partial charge < -0.3 is 14.8 Å². The molecular weight excluding hydrogens is 440 g/mol. The molecule has 2 heterocycles. The molecule has 2 aromatic heterocycles. The summed E-state index contributed by atoms with van der Waals surface area (Å²) >= 11 is 0. The molecule has 7 heteroatoms. The number of nitrogens with one attached hydrogen (secondary N) is 1. The van der Waals surface area contributed by atoms with E-state index in [9.17, 15) is 4.79 Å². The van der Waals surface area contributed by atoms with E-state index in [1.54, 1.807) is 19.2 Å². The minimum absolute atomic E-state index is 0.180. The number of methoxy groups -OCH3 is 1. The number of benzene rings is 3. The molecule has 0 saturated heterocycles. The second-order valence-corrected chi connectivity index (χ2v) is 8.01. The van der Waals surface area contributed by atoms with E-state index in [1.807, 2.05) is 90.5 Å². The summed E-state index contributed by atoms with van der Waals surface area (Å²) in [5.74, 6) is 0.724. The van der Waals surface area contributed by atoms with E-state index >= 15 is 0 Å². The number of para-hydroxylation sites is 1. The van der Waals surface area contributed by atoms with Gasteiger partial charge in [-0.3, -0.25) is 4.79 Å². The Bertz CT molecular complexity index is 1480. The smallest absolute Gasteiger partial charge is 0.262 e. The fraction of sp³-hybridized carbons (Fsp3) is 0.107. The van der Waals surface area contributed by atoms with Crippen molar-refractivity contribution < 1.29 is 14.3 Å². The Hall–Kier alpha value is -4.65. The van der Waals surface area contributed by atoms with Crippen molar-refractivity contribution in [2.24, 2.45) is 0 Å². The summed E-state index contributed by atoms with van der Waals surface area (Å²) in [4.78, 5) is 17.2. The number of ether oxygens (including phenoxy) is 2. The van der Waals surface area contributed by atoms with Gasteiger partial charge in [-0.1, -0.05) is 54.6 Å². The second kappa shape index (κ2) is 9.69. The van der Waals surface area contributed by atoms with E-state index < -0.39 is 0 Å². The van der Waals surface area contributed by atoms with Crippen LogP contribution in [0.25, 0.3) is 28.0 Å². The maximum Gasteiger partial charge on any atom is 0.262 e. The number of aromatic nitrogens is 3. The van der Waals surface area contributed by atoms with E-state index in [0.717, 1.165) is 27.9 Å². The molecule has 0 aliphatic heterocycles. The lowest BCUT2D eigenvalue weighted by Gasteiger charge is -2.10. The largest absolute Gasteiger partial charge is 0.497 e. The third-order valence-corrected chi connectivity index (χ3v) is 5.56. The van der Waals surface area contributed by atoms with Gasteiger partial charge in [0.1, 0.15) is 11.4 Å². The minimum atomic E-state index is -0.292. The fourth-order valence-electron chi connectivity index (χ4n) is 3.93. The number of rotatable bonds is 7. The van der Waals surface area contributed by atoms with Crippen molar-refractivity contribution in [2.45, 2.75) is 6.92 Å². The monoisotopic (exact) mass is 464 g/mol. The summed E-state index contributed by atoms with van der Waals surface area (Å²) in [5, 5.41) is 8.66. The predicted molar refractivity (Wildman–Crippen MR) is 136 cm³/mol. The van der Waals surface area contributed by atoms with Crippen LogP contribution in [0.5, 0.6) is 11.6 Å². The van der Waals surface area contributed by atoms with E-state index in [1.165, 1.54) is 0 Å². The summed E-state index contributed by atoms with van der Waals surface area (Å²) in [6, 6.07) is 28.9. The molecule has 0 aliphatic carbocycles. The van der Waals surface area contributed by atoms with E-state index in [-0.39, 0.29) is 12.5 Å². The standard InChI is InChI=1S/C28H24N4O3/c1-19-16-25(35-18-24(33)29-21-12-9-15-23(17-21)34-2)30-28-26(19)27(20-10-5-3-6-11-20)31-32(28)22-13-7-4-8-14-22/h3-17H,18H2,1-2H3,(H,29,33). The van der Waals surface area contributed by atoms with Crippen LogP contribution in [-0.4, -0.2) is 34.4 Å². The molecule has 0 saturated carbocycles. The maximum atomic E-state index is 12.5. The Morgan fingerprint density at radius 3 is 2.43 bits per heavy atom. The lowest BCUT2D eigenvalue weighted by atomic mass is 10.1. The molecule has 5 aromatic rings. The molecule has 0 spiro atoms. The normalized spacial score (nSPS) is 10.8. The molecule has 7 nitrogen and oxygen atoms in total. The molecular formula is C28H24N4O3. The minimum Gasteiger partial charge on any atom is -0.497 e. The molecule has 174 valence electrons. The SMILES string of the molecule is COc1cccc(NC(=O)COc2cc(C)c3c(-c4ccccc4)nn(-c4ccccc4)c3n2)c1. The van der Waals surface area contributed by atoms with Gasteiger partial charge in [0, 0.05) is 23.4 Å². The lowest BCUT2D eigenvalue weighted by Crippen LogP contribution is -2.20. The Kier molecular flexibility index (Phi) is 6.13. The van der Waals surface area contributed by atoms with Gasteiger partial charge in [-0.15, -0.1) is 0 Å². The number of amides is 1. The number of carbonyl (C=O) groups excluding carboxylic acids is 1. The van der Waals surface area contributed by atoms with Crippen molar-refractivity contribution in [3.8, 4) is 28.6 Å². The van der Waals surface area contributed by atoms with Gasteiger partial charge in [0.25, 0.3) is 5.91 Å². The molecule has 0 atom stereocenters. The first-order chi connectivity index (χ1) is 17.1. The number of pyridine rings is 1. The quantitative estimate of drug-likeness (QED) is 0.348. The first-order valence-corrected chi connectivity index (χ1v) is 11.2. The van der Waals surface area contributed by atoms with Crippen LogP contribution < -0.4 is 14.8 Å². The van der Waals surface area contributed by atoms with Gasteiger partial charge in [0.05, 0.1) is 18.2 Å². The Labute approximate surface area is 203 Å². The van der Waals surface area contributed by atoms with Crippen LogP contribution in [0.15, 0.2) is 91.0 Å².